The van der Waals surface area contributed by atoms with Crippen LogP contribution < -0.4 is 19.7 Å². The van der Waals surface area contributed by atoms with E-state index in [0.29, 0.717) is 53.5 Å². The lowest BCUT2D eigenvalue weighted by molar-refractivity contribution is -0.885. The van der Waals surface area contributed by atoms with Crippen molar-refractivity contribution in [3.8, 4) is 11.5 Å². The van der Waals surface area contributed by atoms with Gasteiger partial charge in [0.2, 0.25) is 0 Å². The highest BCUT2D eigenvalue weighted by Crippen LogP contribution is 2.32. The van der Waals surface area contributed by atoms with Crippen LogP contribution in [0, 0.1) is 0 Å². The molecule has 5 nitrogen and oxygen atoms in total. The predicted molar refractivity (Wildman–Crippen MR) is 103 cm³/mol. The fraction of sp³-hybridized carbons (Fsp3) is 0.316. The second-order valence-corrected chi connectivity index (χ2v) is 7.15. The number of carbonyl (C=O) groups excluding carboxylic acids is 1. The molecule has 2 N–H and O–H groups in total. The Balaban J connectivity index is 1.57. The number of anilines is 1. The SMILES string of the molecule is C[NH+](CC(=O)Nc1ccc2c(c1)OCCCO2)Cc1ccc(Cl)cc1Cl. The summed E-state index contributed by atoms with van der Waals surface area (Å²) in [4.78, 5) is 13.3. The summed E-state index contributed by atoms with van der Waals surface area (Å²) in [6.07, 6.45) is 0.845. The number of fused-ring (bicyclic) bond motifs is 1. The van der Waals surface area contributed by atoms with E-state index in [1.807, 2.05) is 25.2 Å². The van der Waals surface area contributed by atoms with Crippen LogP contribution in [-0.2, 0) is 11.3 Å². The third-order valence-corrected chi connectivity index (χ3v) is 4.59. The van der Waals surface area contributed by atoms with Gasteiger partial charge in [-0.2, -0.15) is 0 Å². The monoisotopic (exact) mass is 395 g/mol. The highest BCUT2D eigenvalue weighted by atomic mass is 35.5. The number of quaternary nitrogens is 1. The third kappa shape index (κ3) is 5.04. The van der Waals surface area contributed by atoms with Crippen LogP contribution in [0.5, 0.6) is 11.5 Å². The molecular weight excluding hydrogens is 375 g/mol. The molecule has 1 atom stereocenters. The van der Waals surface area contributed by atoms with Crippen LogP contribution in [0.25, 0.3) is 0 Å². The molecule has 2 aromatic carbocycles. The number of halogens is 2. The van der Waals surface area contributed by atoms with Gasteiger partial charge < -0.3 is 19.7 Å². The van der Waals surface area contributed by atoms with Gasteiger partial charge in [0, 0.05) is 28.8 Å². The van der Waals surface area contributed by atoms with Gasteiger partial charge >= 0.3 is 0 Å². The van der Waals surface area contributed by atoms with Crippen LogP contribution >= 0.6 is 23.2 Å². The van der Waals surface area contributed by atoms with Gasteiger partial charge in [-0.3, -0.25) is 4.79 Å². The average molecular weight is 396 g/mol. The minimum Gasteiger partial charge on any atom is -0.490 e. The third-order valence-electron chi connectivity index (χ3n) is 4.00. The zero-order chi connectivity index (χ0) is 18.5. The molecule has 2 aromatic rings. The normalized spacial score (nSPS) is 14.4. The summed E-state index contributed by atoms with van der Waals surface area (Å²) >= 11 is 12.1. The van der Waals surface area contributed by atoms with E-state index in [2.05, 4.69) is 5.32 Å². The van der Waals surface area contributed by atoms with Gasteiger partial charge in [0.15, 0.2) is 18.0 Å². The zero-order valence-electron chi connectivity index (χ0n) is 14.5. The molecule has 26 heavy (non-hydrogen) atoms. The largest absolute Gasteiger partial charge is 0.490 e. The van der Waals surface area contributed by atoms with Gasteiger partial charge in [0.05, 0.1) is 25.3 Å². The first-order valence-corrected chi connectivity index (χ1v) is 9.21. The summed E-state index contributed by atoms with van der Waals surface area (Å²) in [5.74, 6) is 1.29. The molecule has 0 saturated carbocycles. The fourth-order valence-electron chi connectivity index (χ4n) is 2.77. The second-order valence-electron chi connectivity index (χ2n) is 6.31. The first kappa shape index (κ1) is 18.8. The number of amides is 1. The van der Waals surface area contributed by atoms with Crippen molar-refractivity contribution in [3.63, 3.8) is 0 Å². The lowest BCUT2D eigenvalue weighted by atomic mass is 10.2. The molecule has 1 aliphatic rings. The van der Waals surface area contributed by atoms with Gasteiger partial charge in [-0.1, -0.05) is 29.3 Å². The first-order valence-electron chi connectivity index (χ1n) is 8.46. The lowest BCUT2D eigenvalue weighted by Gasteiger charge is -2.15. The number of nitrogens with one attached hydrogen (secondary N) is 2. The second kappa shape index (κ2) is 8.62. The van der Waals surface area contributed by atoms with Crippen molar-refractivity contribution in [3.05, 3.63) is 52.0 Å². The Labute approximate surface area is 162 Å². The number of carbonyl (C=O) groups is 1. The molecule has 0 radical (unpaired) electrons. The summed E-state index contributed by atoms with van der Waals surface area (Å²) in [5.41, 5.74) is 1.65. The number of hydrogen-bond donors (Lipinski definition) is 2. The summed E-state index contributed by atoms with van der Waals surface area (Å²) in [6.45, 7) is 2.19. The van der Waals surface area contributed by atoms with Crippen LogP contribution in [-0.4, -0.2) is 32.7 Å². The van der Waals surface area contributed by atoms with Gasteiger partial charge in [-0.25, -0.2) is 0 Å². The van der Waals surface area contributed by atoms with Crippen LogP contribution in [0.15, 0.2) is 36.4 Å². The molecular formula is C19H21Cl2N2O3+. The molecule has 1 heterocycles. The van der Waals surface area contributed by atoms with Gasteiger partial charge in [-0.15, -0.1) is 0 Å². The van der Waals surface area contributed by atoms with Crippen molar-refractivity contribution in [2.24, 2.45) is 0 Å². The molecule has 0 saturated heterocycles. The number of ether oxygens (including phenoxy) is 2. The van der Waals surface area contributed by atoms with E-state index in [1.165, 1.54) is 0 Å². The van der Waals surface area contributed by atoms with Crippen molar-refractivity contribution < 1.29 is 19.2 Å². The molecule has 1 amide bonds. The predicted octanol–water partition coefficient (Wildman–Crippen LogP) is 2.81. The Bertz CT molecular complexity index is 798. The minimum absolute atomic E-state index is 0.0814. The molecule has 0 fully saturated rings. The van der Waals surface area contributed by atoms with E-state index in [1.54, 1.807) is 18.2 Å². The van der Waals surface area contributed by atoms with Crippen LogP contribution in [0.2, 0.25) is 10.0 Å². The van der Waals surface area contributed by atoms with Crippen molar-refractivity contribution in [1.29, 1.82) is 0 Å². The Morgan fingerprint density at radius 2 is 1.88 bits per heavy atom. The summed E-state index contributed by atoms with van der Waals surface area (Å²) in [7, 11) is 1.94. The van der Waals surface area contributed by atoms with Crippen LogP contribution in [0.3, 0.4) is 0 Å². The average Bonchev–Trinajstić information content (AvgIpc) is 2.82. The summed E-state index contributed by atoms with van der Waals surface area (Å²) < 4.78 is 11.2. The van der Waals surface area contributed by atoms with Crippen molar-refractivity contribution in [1.82, 2.24) is 0 Å². The zero-order valence-corrected chi connectivity index (χ0v) is 16.0. The number of rotatable bonds is 5. The molecule has 0 bridgehead atoms. The van der Waals surface area contributed by atoms with Crippen molar-refractivity contribution in [2.45, 2.75) is 13.0 Å². The van der Waals surface area contributed by atoms with Gasteiger partial charge in [0.1, 0.15) is 6.54 Å². The minimum atomic E-state index is -0.0814. The smallest absolute Gasteiger partial charge is 0.279 e. The van der Waals surface area contributed by atoms with Crippen molar-refractivity contribution in [2.75, 3.05) is 32.1 Å². The molecule has 0 aromatic heterocycles. The number of hydrogen-bond acceptors (Lipinski definition) is 3. The topological polar surface area (TPSA) is 52.0 Å². The fourth-order valence-corrected chi connectivity index (χ4v) is 3.25. The number of benzene rings is 2. The molecule has 7 heteroatoms. The Morgan fingerprint density at radius 1 is 1.12 bits per heavy atom. The van der Waals surface area contributed by atoms with Crippen LogP contribution in [0.4, 0.5) is 5.69 Å². The van der Waals surface area contributed by atoms with E-state index >= 15 is 0 Å². The van der Waals surface area contributed by atoms with Gasteiger partial charge in [0.25, 0.3) is 5.91 Å². The molecule has 138 valence electrons. The Morgan fingerprint density at radius 3 is 2.65 bits per heavy atom. The molecule has 1 unspecified atom stereocenters. The molecule has 1 aliphatic heterocycles. The first-order chi connectivity index (χ1) is 12.5. The van der Waals surface area contributed by atoms with E-state index in [0.717, 1.165) is 16.9 Å². The quantitative estimate of drug-likeness (QED) is 0.818. The van der Waals surface area contributed by atoms with E-state index < -0.39 is 0 Å². The highest BCUT2D eigenvalue weighted by Gasteiger charge is 2.15. The van der Waals surface area contributed by atoms with Gasteiger partial charge in [-0.05, 0) is 24.3 Å². The maximum absolute atomic E-state index is 12.3. The lowest BCUT2D eigenvalue weighted by Crippen LogP contribution is -3.08. The van der Waals surface area contributed by atoms with Crippen molar-refractivity contribution >= 4 is 34.8 Å². The molecule has 0 spiro atoms. The highest BCUT2D eigenvalue weighted by molar-refractivity contribution is 6.35. The van der Waals surface area contributed by atoms with E-state index in [9.17, 15) is 4.79 Å². The van der Waals surface area contributed by atoms with E-state index in [4.69, 9.17) is 32.7 Å². The van der Waals surface area contributed by atoms with Crippen LogP contribution in [0.1, 0.15) is 12.0 Å². The maximum atomic E-state index is 12.3. The molecule has 3 rings (SSSR count). The number of likely N-dealkylation sites (N-methyl/N-ethyl adjacent to an activating group) is 1. The Hall–Kier alpha value is -1.95. The van der Waals surface area contributed by atoms with E-state index in [-0.39, 0.29) is 5.91 Å². The standard InChI is InChI=1S/C19H20Cl2N2O3/c1-23(11-13-3-4-14(20)9-16(13)21)12-19(24)22-15-5-6-17-18(10-15)26-8-2-7-25-17/h3-6,9-10H,2,7-8,11-12H2,1H3,(H,22,24)/p+1. The summed E-state index contributed by atoms with van der Waals surface area (Å²) in [5, 5.41) is 4.12. The molecule has 0 aliphatic carbocycles. The Kier molecular flexibility index (Phi) is 6.25. The maximum Gasteiger partial charge on any atom is 0.279 e. The summed E-state index contributed by atoms with van der Waals surface area (Å²) in [6, 6.07) is 10.8.